The normalized spacial score (nSPS) is 11.1. The predicted molar refractivity (Wildman–Crippen MR) is 64.5 cm³/mol. The number of phenolic OH excluding ortho intramolecular Hbond substituents is 1. The van der Waals surface area contributed by atoms with E-state index < -0.39 is 0 Å². The van der Waals surface area contributed by atoms with Crippen LogP contribution in [0.4, 0.5) is 5.69 Å². The van der Waals surface area contributed by atoms with Gasteiger partial charge in [-0.1, -0.05) is 0 Å². The molecule has 3 N–H and O–H groups in total. The first kappa shape index (κ1) is 9.77. The largest absolute Gasteiger partial charge is 0.508 e. The Kier molecular flexibility index (Phi) is 1.89. The zero-order valence-corrected chi connectivity index (χ0v) is 9.21. The van der Waals surface area contributed by atoms with Crippen molar-refractivity contribution in [1.82, 2.24) is 9.78 Å². The molecular formula is C12H11N3O2. The minimum atomic E-state index is 0.211. The number of nitrogen functional groups attached to an aromatic ring is 1. The zero-order chi connectivity index (χ0) is 12.0. The first-order chi connectivity index (χ1) is 8.15. The maximum Gasteiger partial charge on any atom is 0.155 e. The van der Waals surface area contributed by atoms with Crippen molar-refractivity contribution >= 4 is 16.7 Å². The Bertz CT molecular complexity index is 677. The van der Waals surface area contributed by atoms with Crippen molar-refractivity contribution in [3.05, 3.63) is 30.5 Å². The van der Waals surface area contributed by atoms with Gasteiger partial charge in [-0.25, -0.2) is 0 Å². The summed E-state index contributed by atoms with van der Waals surface area (Å²) in [7, 11) is 1.80. The fraction of sp³-hybridized carbons (Fsp3) is 0.0833. The van der Waals surface area contributed by atoms with Crippen molar-refractivity contribution in [3.63, 3.8) is 0 Å². The van der Waals surface area contributed by atoms with E-state index in [0.717, 1.165) is 11.1 Å². The molecule has 0 radical (unpaired) electrons. The molecule has 3 aromatic rings. The number of furan rings is 1. The molecule has 0 spiro atoms. The van der Waals surface area contributed by atoms with Crippen LogP contribution in [-0.2, 0) is 7.05 Å². The van der Waals surface area contributed by atoms with Crippen molar-refractivity contribution in [2.24, 2.45) is 7.05 Å². The van der Waals surface area contributed by atoms with Gasteiger partial charge in [-0.2, -0.15) is 5.10 Å². The van der Waals surface area contributed by atoms with E-state index in [9.17, 15) is 5.11 Å². The van der Waals surface area contributed by atoms with E-state index in [-0.39, 0.29) is 5.75 Å². The van der Waals surface area contributed by atoms with Crippen LogP contribution < -0.4 is 5.73 Å². The van der Waals surface area contributed by atoms with E-state index in [1.54, 1.807) is 36.1 Å². The highest BCUT2D eigenvalue weighted by Crippen LogP contribution is 2.32. The lowest BCUT2D eigenvalue weighted by Gasteiger charge is -1.98. The van der Waals surface area contributed by atoms with Gasteiger partial charge in [0.2, 0.25) is 0 Å². The summed E-state index contributed by atoms with van der Waals surface area (Å²) in [6, 6.07) is 6.79. The van der Waals surface area contributed by atoms with Crippen molar-refractivity contribution in [3.8, 4) is 17.2 Å². The van der Waals surface area contributed by atoms with Crippen molar-refractivity contribution < 1.29 is 9.52 Å². The SMILES string of the molecule is Cn1ncc(N)c1-c1cc2cc(O)ccc2o1. The maximum atomic E-state index is 9.40. The number of fused-ring (bicyclic) bond motifs is 1. The molecule has 86 valence electrons. The smallest absolute Gasteiger partial charge is 0.155 e. The molecule has 0 atom stereocenters. The van der Waals surface area contributed by atoms with Crippen LogP contribution in [0, 0.1) is 0 Å². The van der Waals surface area contributed by atoms with Crippen LogP contribution in [0.25, 0.3) is 22.4 Å². The van der Waals surface area contributed by atoms with Gasteiger partial charge in [0.25, 0.3) is 0 Å². The van der Waals surface area contributed by atoms with Gasteiger partial charge in [-0.15, -0.1) is 0 Å². The summed E-state index contributed by atoms with van der Waals surface area (Å²) < 4.78 is 7.34. The summed E-state index contributed by atoms with van der Waals surface area (Å²) in [5.41, 5.74) is 7.84. The predicted octanol–water partition coefficient (Wildman–Crippen LogP) is 2.12. The maximum absolute atomic E-state index is 9.40. The van der Waals surface area contributed by atoms with E-state index in [1.165, 1.54) is 0 Å². The van der Waals surface area contributed by atoms with E-state index in [0.29, 0.717) is 17.0 Å². The molecule has 5 nitrogen and oxygen atoms in total. The number of anilines is 1. The molecule has 0 unspecified atom stereocenters. The van der Waals surface area contributed by atoms with Crippen molar-refractivity contribution in [1.29, 1.82) is 0 Å². The van der Waals surface area contributed by atoms with E-state index in [4.69, 9.17) is 10.2 Å². The Morgan fingerprint density at radius 3 is 2.88 bits per heavy atom. The second-order valence-electron chi connectivity index (χ2n) is 3.90. The molecule has 0 fully saturated rings. The third kappa shape index (κ3) is 1.44. The van der Waals surface area contributed by atoms with Gasteiger partial charge in [0.05, 0.1) is 11.9 Å². The lowest BCUT2D eigenvalue weighted by molar-refractivity contribution is 0.476. The quantitative estimate of drug-likeness (QED) is 0.670. The number of hydrogen-bond acceptors (Lipinski definition) is 4. The molecule has 0 bridgehead atoms. The van der Waals surface area contributed by atoms with Crippen LogP contribution in [0.3, 0.4) is 0 Å². The molecule has 2 aromatic heterocycles. The first-order valence-electron chi connectivity index (χ1n) is 5.15. The lowest BCUT2D eigenvalue weighted by Crippen LogP contribution is -1.94. The second-order valence-corrected chi connectivity index (χ2v) is 3.90. The number of benzene rings is 1. The van der Waals surface area contributed by atoms with Gasteiger partial charge in [-0.05, 0) is 24.3 Å². The number of phenols is 1. The minimum Gasteiger partial charge on any atom is -0.508 e. The Labute approximate surface area is 97.1 Å². The molecule has 17 heavy (non-hydrogen) atoms. The van der Waals surface area contributed by atoms with Crippen LogP contribution in [0.2, 0.25) is 0 Å². The summed E-state index contributed by atoms with van der Waals surface area (Å²) in [4.78, 5) is 0. The number of nitrogens with zero attached hydrogens (tertiary/aromatic N) is 2. The van der Waals surface area contributed by atoms with E-state index >= 15 is 0 Å². The highest BCUT2D eigenvalue weighted by Gasteiger charge is 2.13. The fourth-order valence-corrected chi connectivity index (χ4v) is 1.90. The number of aromatic hydroxyl groups is 1. The topological polar surface area (TPSA) is 77.2 Å². The Balaban J connectivity index is 2.25. The third-order valence-electron chi connectivity index (χ3n) is 2.70. The van der Waals surface area contributed by atoms with Gasteiger partial charge in [-0.3, -0.25) is 4.68 Å². The summed E-state index contributed by atoms with van der Waals surface area (Å²) in [5.74, 6) is 0.853. The first-order valence-corrected chi connectivity index (χ1v) is 5.15. The third-order valence-corrected chi connectivity index (χ3v) is 2.70. The van der Waals surface area contributed by atoms with Gasteiger partial charge >= 0.3 is 0 Å². The summed E-state index contributed by atoms with van der Waals surface area (Å²) >= 11 is 0. The number of aromatic nitrogens is 2. The molecule has 0 amide bonds. The number of rotatable bonds is 1. The molecule has 2 heterocycles. The standard InChI is InChI=1S/C12H11N3O2/c1-15-12(9(13)6-14-15)11-5-7-4-8(16)2-3-10(7)17-11/h2-6,16H,13H2,1H3. The highest BCUT2D eigenvalue weighted by molar-refractivity contribution is 5.85. The monoisotopic (exact) mass is 229 g/mol. The summed E-state index contributed by atoms with van der Waals surface area (Å²) in [6.45, 7) is 0. The van der Waals surface area contributed by atoms with Gasteiger partial charge in [0, 0.05) is 12.4 Å². The van der Waals surface area contributed by atoms with Crippen LogP contribution in [0.5, 0.6) is 5.75 Å². The van der Waals surface area contributed by atoms with Crippen molar-refractivity contribution in [2.45, 2.75) is 0 Å². The minimum absolute atomic E-state index is 0.211. The number of aryl methyl sites for hydroxylation is 1. The molecule has 3 rings (SSSR count). The van der Waals surface area contributed by atoms with Crippen molar-refractivity contribution in [2.75, 3.05) is 5.73 Å². The lowest BCUT2D eigenvalue weighted by atomic mass is 10.2. The molecule has 0 aliphatic rings. The van der Waals surface area contributed by atoms with E-state index in [2.05, 4.69) is 5.10 Å². The highest BCUT2D eigenvalue weighted by atomic mass is 16.3. The average molecular weight is 229 g/mol. The summed E-state index contributed by atoms with van der Waals surface area (Å²) in [6.07, 6.45) is 1.58. The Morgan fingerprint density at radius 1 is 1.35 bits per heavy atom. The molecular weight excluding hydrogens is 218 g/mol. The van der Waals surface area contributed by atoms with Gasteiger partial charge < -0.3 is 15.3 Å². The van der Waals surface area contributed by atoms with E-state index in [1.807, 2.05) is 6.07 Å². The molecule has 0 aliphatic heterocycles. The van der Waals surface area contributed by atoms with Crippen LogP contribution in [0.15, 0.2) is 34.9 Å². The number of hydrogen-bond donors (Lipinski definition) is 2. The second kappa shape index (κ2) is 3.28. The van der Waals surface area contributed by atoms with Crippen LogP contribution in [-0.4, -0.2) is 14.9 Å². The van der Waals surface area contributed by atoms with Gasteiger partial charge in [0.15, 0.2) is 5.76 Å². The fourth-order valence-electron chi connectivity index (χ4n) is 1.90. The molecule has 5 heteroatoms. The van der Waals surface area contributed by atoms with Crippen LogP contribution in [0.1, 0.15) is 0 Å². The molecule has 0 aliphatic carbocycles. The summed E-state index contributed by atoms with van der Waals surface area (Å²) in [5, 5.41) is 14.3. The Morgan fingerprint density at radius 2 is 2.18 bits per heavy atom. The van der Waals surface area contributed by atoms with Gasteiger partial charge in [0.1, 0.15) is 17.0 Å². The molecule has 0 saturated carbocycles. The average Bonchev–Trinajstić information content (AvgIpc) is 2.81. The molecule has 1 aromatic carbocycles. The number of nitrogens with two attached hydrogens (primary N) is 1. The Hall–Kier alpha value is -2.43. The van der Waals surface area contributed by atoms with Crippen LogP contribution >= 0.6 is 0 Å². The zero-order valence-electron chi connectivity index (χ0n) is 9.21. The molecule has 0 saturated heterocycles.